The van der Waals surface area contributed by atoms with E-state index < -0.39 is 0 Å². The molecule has 0 spiro atoms. The Hall–Kier alpha value is -2.02. The molecule has 1 N–H and O–H groups in total. The number of amides is 1. The minimum atomic E-state index is -0.151. The highest BCUT2D eigenvalue weighted by atomic mass is 16.5. The van der Waals surface area contributed by atoms with E-state index in [1.165, 1.54) is 6.92 Å². The van der Waals surface area contributed by atoms with Crippen LogP contribution in [0, 0.1) is 18.4 Å². The lowest BCUT2D eigenvalue weighted by Crippen LogP contribution is -2.07. The fourth-order valence-corrected chi connectivity index (χ4v) is 1.10. The van der Waals surface area contributed by atoms with Gasteiger partial charge >= 0.3 is 0 Å². The van der Waals surface area contributed by atoms with Crippen molar-refractivity contribution in [2.24, 2.45) is 0 Å². The predicted molar refractivity (Wildman–Crippen MR) is 63.1 cm³/mol. The van der Waals surface area contributed by atoms with Gasteiger partial charge in [0.05, 0.1) is 0 Å². The van der Waals surface area contributed by atoms with Crippen LogP contribution >= 0.6 is 0 Å². The van der Waals surface area contributed by atoms with Crippen LogP contribution in [0.4, 0.5) is 5.69 Å². The van der Waals surface area contributed by atoms with Crippen molar-refractivity contribution < 1.29 is 9.53 Å². The molecule has 0 radical (unpaired) electrons. The summed E-state index contributed by atoms with van der Waals surface area (Å²) in [5.74, 6) is 0.306. The lowest BCUT2D eigenvalue weighted by Gasteiger charge is -2.08. The lowest BCUT2D eigenvalue weighted by molar-refractivity contribution is -0.114. The van der Waals surface area contributed by atoms with E-state index in [9.17, 15) is 4.79 Å². The number of nitriles is 1. The molecule has 86 valence electrons. The Labute approximate surface area is 95.8 Å². The topological polar surface area (TPSA) is 62.1 Å². The molecule has 1 aromatic carbocycles. The Morgan fingerprint density at radius 1 is 1.44 bits per heavy atom. The molecule has 0 saturated carbocycles. The number of hydrogen-bond acceptors (Lipinski definition) is 3. The van der Waals surface area contributed by atoms with E-state index in [0.717, 1.165) is 5.56 Å². The van der Waals surface area contributed by atoms with E-state index in [1.54, 1.807) is 31.4 Å². The molecule has 4 nitrogen and oxygen atoms in total. The molecule has 0 aliphatic heterocycles. The van der Waals surface area contributed by atoms with Crippen molar-refractivity contribution in [3.8, 4) is 12.0 Å². The molecule has 0 fully saturated rings. The third-order valence-corrected chi connectivity index (χ3v) is 1.75. The van der Waals surface area contributed by atoms with Gasteiger partial charge in [-0.2, -0.15) is 0 Å². The van der Waals surface area contributed by atoms with E-state index in [0.29, 0.717) is 11.4 Å². The van der Waals surface area contributed by atoms with Gasteiger partial charge in [0, 0.05) is 18.2 Å². The second-order valence-electron chi connectivity index (χ2n) is 2.80. The first-order chi connectivity index (χ1) is 7.65. The summed E-state index contributed by atoms with van der Waals surface area (Å²) in [5, 5.41) is 11.0. The summed E-state index contributed by atoms with van der Waals surface area (Å²) in [4.78, 5) is 10.8. The van der Waals surface area contributed by atoms with E-state index in [2.05, 4.69) is 5.32 Å². The minimum Gasteiger partial charge on any atom is -0.388 e. The van der Waals surface area contributed by atoms with Gasteiger partial charge in [0.25, 0.3) is 6.26 Å². The average Bonchev–Trinajstić information content (AvgIpc) is 2.26. The van der Waals surface area contributed by atoms with Crippen LogP contribution in [0.1, 0.15) is 26.3 Å². The number of ether oxygens (including phenoxy) is 1. The van der Waals surface area contributed by atoms with Crippen LogP contribution in [-0.4, -0.2) is 5.91 Å². The first-order valence-corrected chi connectivity index (χ1v) is 5.08. The van der Waals surface area contributed by atoms with Crippen molar-refractivity contribution in [3.63, 3.8) is 0 Å². The minimum absolute atomic E-state index is 0.151. The van der Waals surface area contributed by atoms with Gasteiger partial charge in [0.2, 0.25) is 5.91 Å². The van der Waals surface area contributed by atoms with Crippen LogP contribution in [0.5, 0.6) is 5.75 Å². The summed E-state index contributed by atoms with van der Waals surface area (Å²) in [6.45, 7) is 7.20. The molecule has 0 aliphatic rings. The molecule has 0 saturated heterocycles. The standard InChI is InChI=1S/C10H10N2O2.C2H6/c1-7-9(12-8(2)13)4-3-5-10(7)14-6-11;1-2/h3-5H,1-2H3,(H,12,13);1-2H3. The second-order valence-corrected chi connectivity index (χ2v) is 2.80. The van der Waals surface area contributed by atoms with Crippen LogP contribution in [0.25, 0.3) is 0 Å². The third-order valence-electron chi connectivity index (χ3n) is 1.75. The van der Waals surface area contributed by atoms with Crippen molar-refractivity contribution in [3.05, 3.63) is 23.8 Å². The van der Waals surface area contributed by atoms with Gasteiger partial charge in [-0.1, -0.05) is 19.9 Å². The monoisotopic (exact) mass is 220 g/mol. The normalized spacial score (nSPS) is 8.19. The Balaban J connectivity index is 0.00000106. The fraction of sp³-hybridized carbons (Fsp3) is 0.333. The number of carbonyl (C=O) groups excluding carboxylic acids is 1. The molecule has 0 heterocycles. The van der Waals surface area contributed by atoms with E-state index >= 15 is 0 Å². The average molecular weight is 220 g/mol. The number of benzene rings is 1. The van der Waals surface area contributed by atoms with E-state index in [4.69, 9.17) is 10.00 Å². The van der Waals surface area contributed by atoms with E-state index in [-0.39, 0.29) is 5.91 Å². The number of carbonyl (C=O) groups is 1. The van der Waals surface area contributed by atoms with Crippen LogP contribution in [0.2, 0.25) is 0 Å². The SMILES string of the molecule is CC.CC(=O)Nc1cccc(OC#N)c1C. The smallest absolute Gasteiger partial charge is 0.292 e. The molecule has 1 aromatic rings. The molecule has 4 heteroatoms. The molecule has 1 rings (SSSR count). The molecule has 0 unspecified atom stereocenters. The van der Waals surface area contributed by atoms with Crippen molar-refractivity contribution in [1.29, 1.82) is 5.26 Å². The van der Waals surface area contributed by atoms with Crippen LogP contribution in [-0.2, 0) is 4.79 Å². The highest BCUT2D eigenvalue weighted by Gasteiger charge is 2.05. The van der Waals surface area contributed by atoms with Gasteiger partial charge in [-0.15, -0.1) is 5.26 Å². The van der Waals surface area contributed by atoms with Crippen molar-refractivity contribution in [2.45, 2.75) is 27.7 Å². The van der Waals surface area contributed by atoms with Crippen molar-refractivity contribution in [1.82, 2.24) is 0 Å². The number of rotatable bonds is 2. The molecule has 1 amide bonds. The number of hydrogen-bond donors (Lipinski definition) is 1. The zero-order valence-electron chi connectivity index (χ0n) is 10.00. The van der Waals surface area contributed by atoms with Crippen LogP contribution in [0.15, 0.2) is 18.2 Å². The molecule has 0 atom stereocenters. The Bertz CT molecular complexity index is 394. The summed E-state index contributed by atoms with van der Waals surface area (Å²) in [6, 6.07) is 5.13. The largest absolute Gasteiger partial charge is 0.388 e. The molecule has 0 bridgehead atoms. The Morgan fingerprint density at radius 2 is 2.06 bits per heavy atom. The summed E-state index contributed by atoms with van der Waals surface area (Å²) in [6.07, 6.45) is 1.59. The summed E-state index contributed by atoms with van der Waals surface area (Å²) < 4.78 is 4.71. The maximum atomic E-state index is 10.8. The number of nitrogens with one attached hydrogen (secondary N) is 1. The van der Waals surface area contributed by atoms with E-state index in [1.807, 2.05) is 13.8 Å². The van der Waals surface area contributed by atoms with Crippen molar-refractivity contribution in [2.75, 3.05) is 5.32 Å². The van der Waals surface area contributed by atoms with Crippen LogP contribution < -0.4 is 10.1 Å². The lowest BCUT2D eigenvalue weighted by atomic mass is 10.2. The zero-order chi connectivity index (χ0) is 12.6. The summed E-state index contributed by atoms with van der Waals surface area (Å²) in [5.41, 5.74) is 1.40. The van der Waals surface area contributed by atoms with Gasteiger partial charge in [-0.3, -0.25) is 4.79 Å². The highest BCUT2D eigenvalue weighted by molar-refractivity contribution is 5.89. The quantitative estimate of drug-likeness (QED) is 0.779. The van der Waals surface area contributed by atoms with Crippen LogP contribution in [0.3, 0.4) is 0 Å². The Morgan fingerprint density at radius 3 is 2.56 bits per heavy atom. The van der Waals surface area contributed by atoms with Gasteiger partial charge in [0.15, 0.2) is 0 Å². The van der Waals surface area contributed by atoms with Gasteiger partial charge < -0.3 is 10.1 Å². The molecule has 0 aromatic heterocycles. The predicted octanol–water partition coefficient (Wildman–Crippen LogP) is 2.84. The Kier molecular flexibility index (Phi) is 6.37. The maximum Gasteiger partial charge on any atom is 0.292 e. The summed E-state index contributed by atoms with van der Waals surface area (Å²) >= 11 is 0. The third kappa shape index (κ3) is 4.01. The number of anilines is 1. The molecule has 0 aliphatic carbocycles. The first kappa shape index (κ1) is 14.0. The summed E-state index contributed by atoms with van der Waals surface area (Å²) in [7, 11) is 0. The van der Waals surface area contributed by atoms with Gasteiger partial charge in [0.1, 0.15) is 5.75 Å². The molecular formula is C12H16N2O2. The molecular weight excluding hydrogens is 204 g/mol. The second kappa shape index (κ2) is 7.30. The first-order valence-electron chi connectivity index (χ1n) is 5.08. The van der Waals surface area contributed by atoms with Gasteiger partial charge in [-0.05, 0) is 19.1 Å². The fourth-order valence-electron chi connectivity index (χ4n) is 1.10. The van der Waals surface area contributed by atoms with Crippen molar-refractivity contribution >= 4 is 11.6 Å². The zero-order valence-corrected chi connectivity index (χ0v) is 10.00. The van der Waals surface area contributed by atoms with Gasteiger partial charge in [-0.25, -0.2) is 0 Å². The maximum absolute atomic E-state index is 10.8. The molecule has 16 heavy (non-hydrogen) atoms. The highest BCUT2D eigenvalue weighted by Crippen LogP contribution is 2.24. The number of nitrogens with zero attached hydrogens (tertiary/aromatic N) is 1.